The first kappa shape index (κ1) is 16.0. The SMILES string of the molecule is CCC1(CO)CCN(CC(=O)NCc2ccccc2)CC1. The summed E-state index contributed by atoms with van der Waals surface area (Å²) in [6.45, 7) is 5.23. The van der Waals surface area contributed by atoms with Crippen LogP contribution in [0.25, 0.3) is 0 Å². The van der Waals surface area contributed by atoms with Crippen molar-refractivity contribution in [3.8, 4) is 0 Å². The van der Waals surface area contributed by atoms with Crippen LogP contribution in [0.4, 0.5) is 0 Å². The number of carbonyl (C=O) groups excluding carboxylic acids is 1. The summed E-state index contributed by atoms with van der Waals surface area (Å²) in [7, 11) is 0. The maximum atomic E-state index is 12.0. The van der Waals surface area contributed by atoms with Gasteiger partial charge in [0.05, 0.1) is 6.54 Å². The standard InChI is InChI=1S/C17H26N2O2/c1-2-17(14-20)8-10-19(11-9-17)13-16(21)18-12-15-6-4-3-5-7-15/h3-7,20H,2,8-14H2,1H3,(H,18,21). The molecule has 4 heteroatoms. The van der Waals surface area contributed by atoms with Gasteiger partial charge in [0.15, 0.2) is 0 Å². The Kier molecular flexibility index (Phi) is 5.76. The molecule has 0 spiro atoms. The summed E-state index contributed by atoms with van der Waals surface area (Å²) in [5, 5.41) is 12.5. The van der Waals surface area contributed by atoms with Gasteiger partial charge in [-0.25, -0.2) is 0 Å². The number of aliphatic hydroxyl groups excluding tert-OH is 1. The number of amides is 1. The van der Waals surface area contributed by atoms with Crippen molar-refractivity contribution < 1.29 is 9.90 Å². The number of nitrogens with zero attached hydrogens (tertiary/aromatic N) is 1. The van der Waals surface area contributed by atoms with Crippen molar-refractivity contribution in [3.05, 3.63) is 35.9 Å². The van der Waals surface area contributed by atoms with E-state index in [0.717, 1.165) is 37.9 Å². The molecular weight excluding hydrogens is 264 g/mol. The molecule has 1 saturated heterocycles. The van der Waals surface area contributed by atoms with Crippen molar-refractivity contribution in [1.82, 2.24) is 10.2 Å². The predicted octanol–water partition coefficient (Wildman–Crippen LogP) is 1.79. The minimum Gasteiger partial charge on any atom is -0.396 e. The molecule has 1 aromatic rings. The van der Waals surface area contributed by atoms with E-state index in [9.17, 15) is 9.90 Å². The number of nitrogens with one attached hydrogen (secondary N) is 1. The van der Waals surface area contributed by atoms with Gasteiger partial charge in [0.2, 0.25) is 5.91 Å². The lowest BCUT2D eigenvalue weighted by atomic mass is 9.77. The fraction of sp³-hybridized carbons (Fsp3) is 0.588. The smallest absolute Gasteiger partial charge is 0.234 e. The van der Waals surface area contributed by atoms with E-state index in [2.05, 4.69) is 17.1 Å². The maximum Gasteiger partial charge on any atom is 0.234 e. The van der Waals surface area contributed by atoms with Crippen LogP contribution >= 0.6 is 0 Å². The molecule has 1 fully saturated rings. The Bertz CT molecular complexity index is 433. The van der Waals surface area contributed by atoms with Crippen molar-refractivity contribution in [2.45, 2.75) is 32.7 Å². The number of likely N-dealkylation sites (tertiary alicyclic amines) is 1. The third-order valence-corrected chi connectivity index (χ3v) is 4.70. The van der Waals surface area contributed by atoms with Gasteiger partial charge in [-0.15, -0.1) is 0 Å². The lowest BCUT2D eigenvalue weighted by Crippen LogP contribution is -2.45. The maximum absolute atomic E-state index is 12.0. The highest BCUT2D eigenvalue weighted by molar-refractivity contribution is 5.78. The first-order valence-electron chi connectivity index (χ1n) is 7.81. The summed E-state index contributed by atoms with van der Waals surface area (Å²) in [5.41, 5.74) is 1.20. The Balaban J connectivity index is 1.72. The molecule has 1 amide bonds. The zero-order valence-corrected chi connectivity index (χ0v) is 12.8. The van der Waals surface area contributed by atoms with Gasteiger partial charge in [-0.1, -0.05) is 37.3 Å². The molecule has 2 rings (SSSR count). The van der Waals surface area contributed by atoms with Gasteiger partial charge in [0.1, 0.15) is 0 Å². The Labute approximate surface area is 127 Å². The topological polar surface area (TPSA) is 52.6 Å². The Morgan fingerprint density at radius 2 is 1.95 bits per heavy atom. The largest absolute Gasteiger partial charge is 0.396 e. The number of carbonyl (C=O) groups is 1. The molecule has 2 N–H and O–H groups in total. The molecule has 1 aliphatic heterocycles. The lowest BCUT2D eigenvalue weighted by Gasteiger charge is -2.39. The van der Waals surface area contributed by atoms with Gasteiger partial charge in [-0.05, 0) is 43.3 Å². The lowest BCUT2D eigenvalue weighted by molar-refractivity contribution is -0.123. The summed E-state index contributed by atoms with van der Waals surface area (Å²) >= 11 is 0. The molecule has 116 valence electrons. The van der Waals surface area contributed by atoms with Crippen molar-refractivity contribution in [2.24, 2.45) is 5.41 Å². The van der Waals surface area contributed by atoms with Crippen molar-refractivity contribution in [3.63, 3.8) is 0 Å². The molecule has 0 saturated carbocycles. The summed E-state index contributed by atoms with van der Waals surface area (Å²) in [4.78, 5) is 14.2. The fourth-order valence-corrected chi connectivity index (χ4v) is 2.86. The molecule has 1 aliphatic rings. The molecule has 0 atom stereocenters. The molecule has 0 aliphatic carbocycles. The number of hydrogen-bond acceptors (Lipinski definition) is 3. The monoisotopic (exact) mass is 290 g/mol. The van der Waals surface area contributed by atoms with E-state index in [1.165, 1.54) is 0 Å². The highest BCUT2D eigenvalue weighted by Crippen LogP contribution is 2.33. The van der Waals surface area contributed by atoms with E-state index >= 15 is 0 Å². The molecule has 1 heterocycles. The molecule has 21 heavy (non-hydrogen) atoms. The number of aliphatic hydroxyl groups is 1. The molecule has 0 aromatic heterocycles. The van der Waals surface area contributed by atoms with Crippen molar-refractivity contribution >= 4 is 5.91 Å². The van der Waals surface area contributed by atoms with E-state index in [0.29, 0.717) is 13.1 Å². The molecule has 1 aromatic carbocycles. The van der Waals surface area contributed by atoms with Crippen LogP contribution in [0.1, 0.15) is 31.7 Å². The molecule has 0 bridgehead atoms. The van der Waals surface area contributed by atoms with Gasteiger partial charge < -0.3 is 10.4 Å². The summed E-state index contributed by atoms with van der Waals surface area (Å²) in [6, 6.07) is 9.95. The third-order valence-electron chi connectivity index (χ3n) is 4.70. The van der Waals surface area contributed by atoms with Crippen LogP contribution in [-0.2, 0) is 11.3 Å². The molecular formula is C17H26N2O2. The normalized spacial score (nSPS) is 18.4. The quantitative estimate of drug-likeness (QED) is 0.840. The van der Waals surface area contributed by atoms with Crippen LogP contribution in [0.3, 0.4) is 0 Å². The van der Waals surface area contributed by atoms with Crippen LogP contribution in [0, 0.1) is 5.41 Å². The Morgan fingerprint density at radius 1 is 1.29 bits per heavy atom. The van der Waals surface area contributed by atoms with E-state index in [4.69, 9.17) is 0 Å². The van der Waals surface area contributed by atoms with Gasteiger partial charge in [0, 0.05) is 13.2 Å². The first-order chi connectivity index (χ1) is 10.2. The molecule has 0 radical (unpaired) electrons. The Morgan fingerprint density at radius 3 is 2.52 bits per heavy atom. The van der Waals surface area contributed by atoms with E-state index in [1.54, 1.807) is 0 Å². The highest BCUT2D eigenvalue weighted by Gasteiger charge is 2.32. The minimum absolute atomic E-state index is 0.0758. The van der Waals surface area contributed by atoms with E-state index in [1.807, 2.05) is 30.3 Å². The zero-order chi connectivity index (χ0) is 15.1. The second kappa shape index (κ2) is 7.57. The first-order valence-corrected chi connectivity index (χ1v) is 7.81. The van der Waals surface area contributed by atoms with Crippen molar-refractivity contribution in [2.75, 3.05) is 26.2 Å². The average Bonchev–Trinajstić information content (AvgIpc) is 2.55. The van der Waals surface area contributed by atoms with E-state index < -0.39 is 0 Å². The van der Waals surface area contributed by atoms with Gasteiger partial charge >= 0.3 is 0 Å². The predicted molar refractivity (Wildman–Crippen MR) is 83.8 cm³/mol. The molecule has 0 unspecified atom stereocenters. The van der Waals surface area contributed by atoms with Crippen LogP contribution in [0.5, 0.6) is 0 Å². The number of benzene rings is 1. The number of rotatable bonds is 6. The summed E-state index contributed by atoms with van der Waals surface area (Å²) < 4.78 is 0. The minimum atomic E-state index is 0.0758. The van der Waals surface area contributed by atoms with Gasteiger partial charge in [-0.3, -0.25) is 9.69 Å². The highest BCUT2D eigenvalue weighted by atomic mass is 16.3. The number of piperidine rings is 1. The van der Waals surface area contributed by atoms with E-state index in [-0.39, 0.29) is 17.9 Å². The fourth-order valence-electron chi connectivity index (χ4n) is 2.86. The van der Waals surface area contributed by atoms with Crippen molar-refractivity contribution in [1.29, 1.82) is 0 Å². The van der Waals surface area contributed by atoms with Gasteiger partial charge in [0.25, 0.3) is 0 Å². The van der Waals surface area contributed by atoms with Crippen LogP contribution in [0.15, 0.2) is 30.3 Å². The zero-order valence-electron chi connectivity index (χ0n) is 12.8. The average molecular weight is 290 g/mol. The Hall–Kier alpha value is -1.39. The second-order valence-electron chi connectivity index (χ2n) is 6.05. The van der Waals surface area contributed by atoms with Gasteiger partial charge in [-0.2, -0.15) is 0 Å². The third kappa shape index (κ3) is 4.55. The summed E-state index contributed by atoms with van der Waals surface area (Å²) in [5.74, 6) is 0.0758. The number of hydrogen-bond donors (Lipinski definition) is 2. The summed E-state index contributed by atoms with van der Waals surface area (Å²) in [6.07, 6.45) is 2.97. The second-order valence-corrected chi connectivity index (χ2v) is 6.05. The van der Waals surface area contributed by atoms with Crippen LogP contribution in [-0.4, -0.2) is 42.2 Å². The van der Waals surface area contributed by atoms with Crippen LogP contribution in [0.2, 0.25) is 0 Å². The molecule has 4 nitrogen and oxygen atoms in total. The van der Waals surface area contributed by atoms with Crippen LogP contribution < -0.4 is 5.32 Å².